The van der Waals surface area contributed by atoms with Crippen molar-refractivity contribution in [2.75, 3.05) is 10.6 Å². The van der Waals surface area contributed by atoms with Crippen LogP contribution in [0.25, 0.3) is 6.08 Å². The van der Waals surface area contributed by atoms with Gasteiger partial charge in [-0.1, -0.05) is 39.0 Å². The summed E-state index contributed by atoms with van der Waals surface area (Å²) in [5.74, 6) is -0.613. The van der Waals surface area contributed by atoms with Gasteiger partial charge < -0.3 is 10.6 Å². The fraction of sp³-hybridized carbons (Fsp3) is 0.190. The number of carbonyl (C=O) groups is 2. The highest BCUT2D eigenvalue weighted by Gasteiger charge is 2.21. The number of nitrogens with one attached hydrogen (secondary N) is 3. The number of non-ortho nitro benzene ring substituents is 1. The zero-order chi connectivity index (χ0) is 22.3. The predicted octanol–water partition coefficient (Wildman–Crippen LogP) is 4.11. The molecule has 0 fully saturated rings. The molecule has 0 saturated carbocycles. The lowest BCUT2D eigenvalue weighted by molar-refractivity contribution is -0.384. The molecule has 2 rings (SSSR count). The molecule has 2 amide bonds. The molecule has 3 N–H and O–H groups in total. The van der Waals surface area contributed by atoms with Gasteiger partial charge in [-0.15, -0.1) is 0 Å². The van der Waals surface area contributed by atoms with E-state index in [9.17, 15) is 19.7 Å². The summed E-state index contributed by atoms with van der Waals surface area (Å²) in [5.41, 5.74) is 1.11. The number of nitro groups is 1. The van der Waals surface area contributed by atoms with Crippen molar-refractivity contribution in [2.24, 2.45) is 5.41 Å². The molecule has 9 heteroatoms. The lowest BCUT2D eigenvalue weighted by Gasteiger charge is -2.18. The minimum atomic E-state index is -0.530. The molecule has 0 aliphatic rings. The van der Waals surface area contributed by atoms with Gasteiger partial charge >= 0.3 is 0 Å². The van der Waals surface area contributed by atoms with Crippen molar-refractivity contribution >= 4 is 52.3 Å². The Labute approximate surface area is 179 Å². The van der Waals surface area contributed by atoms with Gasteiger partial charge in [-0.05, 0) is 42.1 Å². The lowest BCUT2D eigenvalue weighted by atomic mass is 9.95. The van der Waals surface area contributed by atoms with Crippen molar-refractivity contribution in [3.63, 3.8) is 0 Å². The summed E-state index contributed by atoms with van der Waals surface area (Å²) in [6, 6.07) is 12.8. The van der Waals surface area contributed by atoms with Crippen LogP contribution in [0.1, 0.15) is 26.3 Å². The van der Waals surface area contributed by atoms with Crippen molar-refractivity contribution in [3.05, 3.63) is 70.3 Å². The Bertz CT molecular complexity index is 1010. The lowest BCUT2D eigenvalue weighted by Crippen LogP contribution is -2.32. The molecular weight excluding hydrogens is 404 g/mol. The summed E-state index contributed by atoms with van der Waals surface area (Å²) >= 11 is 5.13. The Kier molecular flexibility index (Phi) is 7.38. The molecule has 0 heterocycles. The quantitative estimate of drug-likeness (QED) is 0.287. The molecule has 8 nitrogen and oxygen atoms in total. The summed E-state index contributed by atoms with van der Waals surface area (Å²) in [6.07, 6.45) is 2.68. The SMILES string of the molecule is CC(C)(C)C(=O)Nc1cccc(NC(=S)NC(=O)/C=C/c2cccc([N+](=O)[O-])c2)c1. The second-order valence-corrected chi connectivity index (χ2v) is 7.82. The van der Waals surface area contributed by atoms with E-state index in [0.29, 0.717) is 16.9 Å². The maximum absolute atomic E-state index is 12.1. The average Bonchev–Trinajstić information content (AvgIpc) is 2.66. The monoisotopic (exact) mass is 426 g/mol. The van der Waals surface area contributed by atoms with Crippen LogP contribution in [0.5, 0.6) is 0 Å². The molecule has 2 aromatic rings. The number of benzene rings is 2. The van der Waals surface area contributed by atoms with E-state index in [-0.39, 0.29) is 16.7 Å². The molecule has 156 valence electrons. The minimum absolute atomic E-state index is 0.0619. The molecule has 0 unspecified atom stereocenters. The Balaban J connectivity index is 1.95. The maximum Gasteiger partial charge on any atom is 0.270 e. The van der Waals surface area contributed by atoms with E-state index in [2.05, 4.69) is 16.0 Å². The molecule has 0 aliphatic heterocycles. The third kappa shape index (κ3) is 7.10. The first-order chi connectivity index (χ1) is 14.0. The first-order valence-corrected chi connectivity index (χ1v) is 9.41. The van der Waals surface area contributed by atoms with Crippen LogP contribution in [-0.2, 0) is 9.59 Å². The van der Waals surface area contributed by atoms with Crippen LogP contribution in [0.15, 0.2) is 54.6 Å². The summed E-state index contributed by atoms with van der Waals surface area (Å²) in [7, 11) is 0. The van der Waals surface area contributed by atoms with Crippen molar-refractivity contribution < 1.29 is 14.5 Å². The molecule has 2 aromatic carbocycles. The number of thiocarbonyl (C=S) groups is 1. The summed E-state index contributed by atoms with van der Waals surface area (Å²) in [6.45, 7) is 5.45. The van der Waals surface area contributed by atoms with Crippen LogP contribution >= 0.6 is 12.2 Å². The number of amides is 2. The zero-order valence-corrected chi connectivity index (χ0v) is 17.6. The van der Waals surface area contributed by atoms with Crippen LogP contribution in [0, 0.1) is 15.5 Å². The van der Waals surface area contributed by atoms with E-state index >= 15 is 0 Å². The topological polar surface area (TPSA) is 113 Å². The summed E-state index contributed by atoms with van der Waals surface area (Å²) < 4.78 is 0. The fourth-order valence-corrected chi connectivity index (χ4v) is 2.44. The van der Waals surface area contributed by atoms with Gasteiger partial charge in [-0.25, -0.2) is 0 Å². The molecule has 30 heavy (non-hydrogen) atoms. The highest BCUT2D eigenvalue weighted by Crippen LogP contribution is 2.20. The van der Waals surface area contributed by atoms with Crippen LogP contribution in [0.2, 0.25) is 0 Å². The van der Waals surface area contributed by atoms with E-state index in [1.807, 2.05) is 20.8 Å². The predicted molar refractivity (Wildman–Crippen MR) is 121 cm³/mol. The second-order valence-electron chi connectivity index (χ2n) is 7.41. The van der Waals surface area contributed by atoms with Crippen LogP contribution in [0.3, 0.4) is 0 Å². The molecule has 0 spiro atoms. The Morgan fingerprint density at radius 1 is 1.03 bits per heavy atom. The van der Waals surface area contributed by atoms with Gasteiger partial charge in [0.25, 0.3) is 5.69 Å². The van der Waals surface area contributed by atoms with E-state index in [0.717, 1.165) is 0 Å². The number of nitro benzene ring substituents is 1. The highest BCUT2D eigenvalue weighted by molar-refractivity contribution is 7.80. The Hall–Kier alpha value is -3.59. The molecule has 0 bridgehead atoms. The Morgan fingerprint density at radius 2 is 1.67 bits per heavy atom. The first kappa shape index (κ1) is 22.7. The number of carbonyl (C=O) groups excluding carboxylic acids is 2. The van der Waals surface area contributed by atoms with Gasteiger partial charge in [-0.2, -0.15) is 0 Å². The molecule has 0 aromatic heterocycles. The van der Waals surface area contributed by atoms with E-state index in [4.69, 9.17) is 12.2 Å². The number of nitrogens with zero attached hydrogens (tertiary/aromatic N) is 1. The van der Waals surface area contributed by atoms with E-state index in [1.54, 1.807) is 30.3 Å². The van der Waals surface area contributed by atoms with Crippen molar-refractivity contribution in [3.8, 4) is 0 Å². The third-order valence-corrected chi connectivity index (χ3v) is 4.01. The zero-order valence-electron chi connectivity index (χ0n) is 16.8. The maximum atomic E-state index is 12.1. The van der Waals surface area contributed by atoms with Crippen LogP contribution in [-0.4, -0.2) is 21.9 Å². The largest absolute Gasteiger partial charge is 0.332 e. The molecular formula is C21H22N4O4S. The smallest absolute Gasteiger partial charge is 0.270 e. The first-order valence-electron chi connectivity index (χ1n) is 9.00. The van der Waals surface area contributed by atoms with Gasteiger partial charge in [0.2, 0.25) is 11.8 Å². The second kappa shape index (κ2) is 9.75. The average molecular weight is 426 g/mol. The fourth-order valence-electron chi connectivity index (χ4n) is 2.22. The highest BCUT2D eigenvalue weighted by atomic mass is 32.1. The van der Waals surface area contributed by atoms with Gasteiger partial charge in [0.1, 0.15) is 0 Å². The van der Waals surface area contributed by atoms with Crippen LogP contribution < -0.4 is 16.0 Å². The van der Waals surface area contributed by atoms with Crippen molar-refractivity contribution in [2.45, 2.75) is 20.8 Å². The number of hydrogen-bond donors (Lipinski definition) is 3. The normalized spacial score (nSPS) is 11.0. The minimum Gasteiger partial charge on any atom is -0.332 e. The molecule has 0 atom stereocenters. The van der Waals surface area contributed by atoms with Crippen LogP contribution in [0.4, 0.5) is 17.1 Å². The molecule has 0 aliphatic carbocycles. The molecule has 0 radical (unpaired) electrons. The number of hydrogen-bond acceptors (Lipinski definition) is 5. The summed E-state index contributed by atoms with van der Waals surface area (Å²) in [4.78, 5) is 34.4. The summed E-state index contributed by atoms with van der Waals surface area (Å²) in [5, 5.41) is 19.1. The van der Waals surface area contributed by atoms with Gasteiger partial charge in [0, 0.05) is 35.0 Å². The number of anilines is 2. The van der Waals surface area contributed by atoms with Gasteiger partial charge in [0.05, 0.1) is 4.92 Å². The standard InChI is InChI=1S/C21H22N4O4S/c1-21(2,3)19(27)22-15-7-5-8-16(13-15)23-20(30)24-18(26)11-10-14-6-4-9-17(12-14)25(28)29/h4-13H,1-3H3,(H,22,27)(H2,23,24,26,30)/b11-10+. The number of rotatable bonds is 5. The van der Waals surface area contributed by atoms with Gasteiger partial charge in [0.15, 0.2) is 5.11 Å². The Morgan fingerprint density at radius 3 is 2.30 bits per heavy atom. The van der Waals surface area contributed by atoms with Crippen molar-refractivity contribution in [1.29, 1.82) is 0 Å². The van der Waals surface area contributed by atoms with E-state index in [1.165, 1.54) is 30.4 Å². The van der Waals surface area contributed by atoms with Crippen molar-refractivity contribution in [1.82, 2.24) is 5.32 Å². The third-order valence-electron chi connectivity index (χ3n) is 3.80. The van der Waals surface area contributed by atoms with Gasteiger partial charge in [-0.3, -0.25) is 25.0 Å². The molecule has 0 saturated heterocycles. The van der Waals surface area contributed by atoms with E-state index < -0.39 is 16.2 Å².